The molecule has 0 radical (unpaired) electrons. The van der Waals surface area contributed by atoms with Crippen LogP contribution in [0.1, 0.15) is 12.5 Å². The third-order valence-corrected chi connectivity index (χ3v) is 5.81. The Balaban J connectivity index is 1.54. The second-order valence-corrected chi connectivity index (χ2v) is 8.49. The number of anilines is 2. The fourth-order valence-electron chi connectivity index (χ4n) is 2.93. The molecule has 0 saturated carbocycles. The number of hydrogen-bond acceptors (Lipinski definition) is 5. The predicted molar refractivity (Wildman–Crippen MR) is 134 cm³/mol. The Labute approximate surface area is 198 Å². The summed E-state index contributed by atoms with van der Waals surface area (Å²) in [6.07, 6.45) is 3.26. The van der Waals surface area contributed by atoms with Crippen LogP contribution in [0.3, 0.4) is 0 Å². The fraction of sp³-hybridized carbons (Fsp3) is 0.154. The van der Waals surface area contributed by atoms with Crippen LogP contribution >= 0.6 is 11.8 Å². The van der Waals surface area contributed by atoms with Crippen LogP contribution in [0.15, 0.2) is 83.8 Å². The highest BCUT2D eigenvalue weighted by Crippen LogP contribution is 2.31. The van der Waals surface area contributed by atoms with Crippen molar-refractivity contribution in [1.29, 1.82) is 0 Å². The summed E-state index contributed by atoms with van der Waals surface area (Å²) < 4.78 is 10.5. The van der Waals surface area contributed by atoms with Crippen molar-refractivity contribution in [3.05, 3.63) is 84.4 Å². The third-order valence-electron chi connectivity index (χ3n) is 4.70. The van der Waals surface area contributed by atoms with Crippen molar-refractivity contribution >= 4 is 41.0 Å². The summed E-state index contributed by atoms with van der Waals surface area (Å²) in [6.45, 7) is 1.83. The number of carbonyl (C=O) groups is 2. The maximum Gasteiger partial charge on any atom is 0.248 e. The number of benzene rings is 3. The van der Waals surface area contributed by atoms with Gasteiger partial charge in [-0.15, -0.1) is 11.8 Å². The summed E-state index contributed by atoms with van der Waals surface area (Å²) in [6, 6.07) is 22.2. The zero-order valence-electron chi connectivity index (χ0n) is 18.7. The Morgan fingerprint density at radius 1 is 0.909 bits per heavy atom. The molecule has 170 valence electrons. The van der Waals surface area contributed by atoms with Crippen molar-refractivity contribution in [2.75, 3.05) is 24.9 Å². The fourth-order valence-corrected chi connectivity index (χ4v) is 3.80. The van der Waals surface area contributed by atoms with Gasteiger partial charge >= 0.3 is 0 Å². The van der Waals surface area contributed by atoms with Gasteiger partial charge in [0.1, 0.15) is 11.5 Å². The highest BCUT2D eigenvalue weighted by molar-refractivity contribution is 8.00. The molecule has 0 spiro atoms. The second kappa shape index (κ2) is 11.8. The van der Waals surface area contributed by atoms with E-state index in [1.54, 1.807) is 38.5 Å². The molecule has 0 fully saturated rings. The van der Waals surface area contributed by atoms with Crippen molar-refractivity contribution in [1.82, 2.24) is 0 Å². The van der Waals surface area contributed by atoms with Crippen molar-refractivity contribution in [3.63, 3.8) is 0 Å². The molecule has 0 aliphatic heterocycles. The molecule has 2 N–H and O–H groups in total. The molecule has 0 aliphatic carbocycles. The number of ether oxygens (including phenoxy) is 2. The highest BCUT2D eigenvalue weighted by atomic mass is 32.2. The number of hydrogen-bond donors (Lipinski definition) is 2. The van der Waals surface area contributed by atoms with Crippen LogP contribution in [-0.2, 0) is 9.59 Å². The highest BCUT2D eigenvalue weighted by Gasteiger charge is 2.17. The first kappa shape index (κ1) is 23.9. The van der Waals surface area contributed by atoms with E-state index in [-0.39, 0.29) is 17.1 Å². The van der Waals surface area contributed by atoms with Gasteiger partial charge in [-0.2, -0.15) is 0 Å². The lowest BCUT2D eigenvalue weighted by molar-refractivity contribution is -0.115. The summed E-state index contributed by atoms with van der Waals surface area (Å²) in [5.41, 5.74) is 2.22. The van der Waals surface area contributed by atoms with E-state index >= 15 is 0 Å². The smallest absolute Gasteiger partial charge is 0.248 e. The molecule has 1 atom stereocenters. The summed E-state index contributed by atoms with van der Waals surface area (Å²) in [7, 11) is 3.12. The molecule has 0 aromatic heterocycles. The van der Waals surface area contributed by atoms with Gasteiger partial charge < -0.3 is 20.1 Å². The van der Waals surface area contributed by atoms with Crippen LogP contribution < -0.4 is 20.1 Å². The number of methoxy groups -OCH3 is 2. The lowest BCUT2D eigenvalue weighted by Gasteiger charge is -2.15. The monoisotopic (exact) mass is 462 g/mol. The van der Waals surface area contributed by atoms with Gasteiger partial charge in [0.2, 0.25) is 11.8 Å². The zero-order valence-corrected chi connectivity index (χ0v) is 19.5. The molecule has 0 bridgehead atoms. The normalized spacial score (nSPS) is 11.6. The molecule has 1 unspecified atom stereocenters. The minimum atomic E-state index is -0.342. The van der Waals surface area contributed by atoms with E-state index in [1.807, 2.05) is 61.5 Å². The minimum Gasteiger partial charge on any atom is -0.497 e. The van der Waals surface area contributed by atoms with E-state index < -0.39 is 0 Å². The SMILES string of the molecule is COc1ccc(NC(=O)C(C)Sc2ccc(NC(=O)/C=C/c3ccccc3)cc2)c(OC)c1. The average molecular weight is 463 g/mol. The van der Waals surface area contributed by atoms with Gasteiger partial charge in [-0.25, -0.2) is 0 Å². The maximum absolute atomic E-state index is 12.7. The third kappa shape index (κ3) is 7.15. The Morgan fingerprint density at radius 2 is 1.64 bits per heavy atom. The molecule has 3 aromatic rings. The summed E-state index contributed by atoms with van der Waals surface area (Å²) in [4.78, 5) is 25.7. The quantitative estimate of drug-likeness (QED) is 0.326. The van der Waals surface area contributed by atoms with Crippen LogP contribution in [0.4, 0.5) is 11.4 Å². The van der Waals surface area contributed by atoms with E-state index in [0.717, 1.165) is 10.5 Å². The van der Waals surface area contributed by atoms with Crippen LogP contribution in [0.5, 0.6) is 11.5 Å². The van der Waals surface area contributed by atoms with Gasteiger partial charge in [-0.1, -0.05) is 30.3 Å². The van der Waals surface area contributed by atoms with E-state index in [2.05, 4.69) is 10.6 Å². The first-order valence-electron chi connectivity index (χ1n) is 10.3. The summed E-state index contributed by atoms with van der Waals surface area (Å²) in [5, 5.41) is 5.38. The van der Waals surface area contributed by atoms with Crippen LogP contribution in [-0.4, -0.2) is 31.3 Å². The Morgan fingerprint density at radius 3 is 2.30 bits per heavy atom. The van der Waals surface area contributed by atoms with Crippen molar-refractivity contribution in [3.8, 4) is 11.5 Å². The van der Waals surface area contributed by atoms with E-state index in [0.29, 0.717) is 22.9 Å². The van der Waals surface area contributed by atoms with Gasteiger partial charge in [-0.05, 0) is 55.0 Å². The van der Waals surface area contributed by atoms with Crippen molar-refractivity contribution in [2.45, 2.75) is 17.1 Å². The van der Waals surface area contributed by atoms with E-state index in [4.69, 9.17) is 9.47 Å². The van der Waals surface area contributed by atoms with Gasteiger partial charge in [-0.3, -0.25) is 9.59 Å². The van der Waals surface area contributed by atoms with Crippen LogP contribution in [0, 0.1) is 0 Å². The van der Waals surface area contributed by atoms with Gasteiger partial charge in [0, 0.05) is 22.7 Å². The van der Waals surface area contributed by atoms with E-state index in [1.165, 1.54) is 17.8 Å². The number of carbonyl (C=O) groups excluding carboxylic acids is 2. The topological polar surface area (TPSA) is 76.7 Å². The molecule has 0 heterocycles. The lowest BCUT2D eigenvalue weighted by atomic mass is 10.2. The molecule has 3 rings (SSSR count). The van der Waals surface area contributed by atoms with Crippen molar-refractivity contribution < 1.29 is 19.1 Å². The zero-order chi connectivity index (χ0) is 23.6. The molecule has 6 nitrogen and oxygen atoms in total. The first-order chi connectivity index (χ1) is 16.0. The minimum absolute atomic E-state index is 0.146. The standard InChI is InChI=1S/C26H26N2O4S/c1-18(26(30)28-23-15-12-21(31-2)17-24(23)32-3)33-22-13-10-20(11-14-22)27-25(29)16-9-19-7-5-4-6-8-19/h4-18H,1-3H3,(H,27,29)(H,28,30)/b16-9+. The Hall–Kier alpha value is -3.71. The summed E-state index contributed by atoms with van der Waals surface area (Å²) in [5.74, 6) is 0.823. The Kier molecular flexibility index (Phi) is 8.55. The number of nitrogens with one attached hydrogen (secondary N) is 2. The molecule has 3 aromatic carbocycles. The molecule has 0 aliphatic rings. The average Bonchev–Trinajstić information content (AvgIpc) is 2.84. The van der Waals surface area contributed by atoms with Gasteiger partial charge in [0.15, 0.2) is 0 Å². The van der Waals surface area contributed by atoms with Crippen LogP contribution in [0.2, 0.25) is 0 Å². The van der Waals surface area contributed by atoms with Gasteiger partial charge in [0.25, 0.3) is 0 Å². The largest absolute Gasteiger partial charge is 0.497 e. The molecule has 33 heavy (non-hydrogen) atoms. The maximum atomic E-state index is 12.7. The van der Waals surface area contributed by atoms with Gasteiger partial charge in [0.05, 0.1) is 25.2 Å². The molecule has 0 saturated heterocycles. The Bertz CT molecular complexity index is 1110. The first-order valence-corrected chi connectivity index (χ1v) is 11.2. The number of rotatable bonds is 9. The van der Waals surface area contributed by atoms with Crippen LogP contribution in [0.25, 0.3) is 6.08 Å². The molecule has 2 amide bonds. The molecule has 7 heteroatoms. The lowest BCUT2D eigenvalue weighted by Crippen LogP contribution is -2.22. The second-order valence-electron chi connectivity index (χ2n) is 7.07. The summed E-state index contributed by atoms with van der Waals surface area (Å²) >= 11 is 1.42. The molecular formula is C26H26N2O4S. The number of thioether (sulfide) groups is 1. The molecular weight excluding hydrogens is 436 g/mol. The van der Waals surface area contributed by atoms with E-state index in [9.17, 15) is 9.59 Å². The predicted octanol–water partition coefficient (Wildman–Crippen LogP) is 5.48. The number of amides is 2. The van der Waals surface area contributed by atoms with Crippen molar-refractivity contribution in [2.24, 2.45) is 0 Å².